The fourth-order valence-electron chi connectivity index (χ4n) is 2.33. The van der Waals surface area contributed by atoms with Crippen LogP contribution in [0.4, 0.5) is 0 Å². The van der Waals surface area contributed by atoms with Gasteiger partial charge in [0.25, 0.3) is 0 Å². The molecule has 0 radical (unpaired) electrons. The van der Waals surface area contributed by atoms with Gasteiger partial charge in [0, 0.05) is 11.6 Å². The summed E-state index contributed by atoms with van der Waals surface area (Å²) in [4.78, 5) is 0. The smallest absolute Gasteiger partial charge is 0.164 e. The molecule has 0 saturated carbocycles. The summed E-state index contributed by atoms with van der Waals surface area (Å²) in [6.45, 7) is 2.95. The zero-order valence-electron chi connectivity index (χ0n) is 12.8. The van der Waals surface area contributed by atoms with Gasteiger partial charge < -0.3 is 19.5 Å². The number of nitrogens with one attached hydrogen (secondary N) is 1. The van der Waals surface area contributed by atoms with E-state index in [1.165, 1.54) is 5.56 Å². The summed E-state index contributed by atoms with van der Waals surface area (Å²) in [5.41, 5.74) is 2.25. The summed E-state index contributed by atoms with van der Waals surface area (Å²) >= 11 is 1.68. The average molecular weight is 307 g/mol. The van der Waals surface area contributed by atoms with E-state index in [1.807, 2.05) is 12.1 Å². The van der Waals surface area contributed by atoms with Crippen molar-refractivity contribution in [2.75, 3.05) is 27.9 Å². The highest BCUT2D eigenvalue weighted by Crippen LogP contribution is 2.39. The van der Waals surface area contributed by atoms with Crippen molar-refractivity contribution in [1.82, 2.24) is 5.32 Å². The Morgan fingerprint density at radius 2 is 1.71 bits per heavy atom. The lowest BCUT2D eigenvalue weighted by Gasteiger charge is -2.22. The van der Waals surface area contributed by atoms with Gasteiger partial charge in [-0.3, -0.25) is 0 Å². The summed E-state index contributed by atoms with van der Waals surface area (Å²) in [5, 5.41) is 7.71. The van der Waals surface area contributed by atoms with Crippen LogP contribution >= 0.6 is 11.3 Å². The molecule has 1 atom stereocenters. The van der Waals surface area contributed by atoms with Crippen LogP contribution in [-0.4, -0.2) is 27.9 Å². The Morgan fingerprint density at radius 1 is 1.05 bits per heavy atom. The van der Waals surface area contributed by atoms with E-state index in [4.69, 9.17) is 14.2 Å². The normalized spacial score (nSPS) is 12.0. The van der Waals surface area contributed by atoms with Crippen LogP contribution in [0.15, 0.2) is 29.0 Å². The Balaban J connectivity index is 2.53. The molecule has 2 aromatic rings. The topological polar surface area (TPSA) is 39.7 Å². The van der Waals surface area contributed by atoms with E-state index in [9.17, 15) is 0 Å². The number of rotatable bonds is 7. The highest BCUT2D eigenvalue weighted by Gasteiger charge is 2.21. The molecule has 0 saturated heterocycles. The third-order valence-corrected chi connectivity index (χ3v) is 4.03. The summed E-state index contributed by atoms with van der Waals surface area (Å²) in [5.74, 6) is 2.15. The molecule has 1 aromatic carbocycles. The predicted octanol–water partition coefficient (Wildman–Crippen LogP) is 3.47. The second-order valence-electron chi connectivity index (χ2n) is 4.50. The van der Waals surface area contributed by atoms with Gasteiger partial charge in [-0.25, -0.2) is 0 Å². The zero-order chi connectivity index (χ0) is 15.2. The summed E-state index contributed by atoms with van der Waals surface area (Å²) in [6.07, 6.45) is 0. The first-order valence-corrected chi connectivity index (χ1v) is 7.74. The van der Waals surface area contributed by atoms with Gasteiger partial charge in [0.1, 0.15) is 5.75 Å². The monoisotopic (exact) mass is 307 g/mol. The Bertz CT molecular complexity index is 569. The van der Waals surface area contributed by atoms with E-state index in [0.29, 0.717) is 11.5 Å². The molecule has 21 heavy (non-hydrogen) atoms. The molecule has 0 spiro atoms. The third-order valence-electron chi connectivity index (χ3n) is 3.33. The van der Waals surface area contributed by atoms with E-state index >= 15 is 0 Å². The molecule has 5 heteroatoms. The lowest BCUT2D eigenvalue weighted by atomic mass is 9.99. The number of benzene rings is 1. The molecule has 0 amide bonds. The SMILES string of the molecule is CCNC(c1ccsc1)c1cc(OC)c(OC)cc1OC. The zero-order valence-corrected chi connectivity index (χ0v) is 13.6. The number of ether oxygens (including phenoxy) is 3. The van der Waals surface area contributed by atoms with Crippen LogP contribution in [0.25, 0.3) is 0 Å². The number of methoxy groups -OCH3 is 3. The first-order valence-electron chi connectivity index (χ1n) is 6.80. The van der Waals surface area contributed by atoms with Crippen LogP contribution in [0, 0.1) is 0 Å². The van der Waals surface area contributed by atoms with Gasteiger partial charge in [-0.1, -0.05) is 6.92 Å². The Morgan fingerprint density at radius 3 is 2.24 bits per heavy atom. The highest BCUT2D eigenvalue weighted by atomic mass is 32.1. The summed E-state index contributed by atoms with van der Waals surface area (Å²) < 4.78 is 16.3. The maximum atomic E-state index is 5.54. The molecule has 0 aliphatic carbocycles. The van der Waals surface area contributed by atoms with Gasteiger partial charge >= 0.3 is 0 Å². The van der Waals surface area contributed by atoms with Crippen molar-refractivity contribution in [3.05, 3.63) is 40.1 Å². The van der Waals surface area contributed by atoms with E-state index in [1.54, 1.807) is 32.7 Å². The Kier molecular flexibility index (Phi) is 5.47. The molecule has 1 heterocycles. The molecule has 1 unspecified atom stereocenters. The molecule has 0 bridgehead atoms. The van der Waals surface area contributed by atoms with Crippen LogP contribution < -0.4 is 19.5 Å². The fourth-order valence-corrected chi connectivity index (χ4v) is 3.02. The highest BCUT2D eigenvalue weighted by molar-refractivity contribution is 7.08. The second-order valence-corrected chi connectivity index (χ2v) is 5.28. The molecule has 114 valence electrons. The van der Waals surface area contributed by atoms with Crippen molar-refractivity contribution in [2.45, 2.75) is 13.0 Å². The quantitative estimate of drug-likeness (QED) is 0.850. The van der Waals surface area contributed by atoms with Crippen LogP contribution in [0.5, 0.6) is 17.2 Å². The van der Waals surface area contributed by atoms with Gasteiger partial charge in [-0.15, -0.1) is 0 Å². The maximum Gasteiger partial charge on any atom is 0.164 e. The van der Waals surface area contributed by atoms with Crippen LogP contribution in [-0.2, 0) is 0 Å². The first-order chi connectivity index (χ1) is 10.2. The van der Waals surface area contributed by atoms with Crippen molar-refractivity contribution in [3.63, 3.8) is 0 Å². The van der Waals surface area contributed by atoms with Crippen molar-refractivity contribution < 1.29 is 14.2 Å². The minimum absolute atomic E-state index is 0.0657. The molecular formula is C16H21NO3S. The van der Waals surface area contributed by atoms with Crippen molar-refractivity contribution >= 4 is 11.3 Å². The van der Waals surface area contributed by atoms with Crippen LogP contribution in [0.1, 0.15) is 24.1 Å². The second kappa shape index (κ2) is 7.33. The van der Waals surface area contributed by atoms with Crippen molar-refractivity contribution in [3.8, 4) is 17.2 Å². The van der Waals surface area contributed by atoms with Gasteiger partial charge in [-0.05, 0) is 35.0 Å². The minimum Gasteiger partial charge on any atom is -0.496 e. The summed E-state index contributed by atoms with van der Waals surface area (Å²) in [7, 11) is 4.93. The third kappa shape index (κ3) is 3.31. The standard InChI is InChI=1S/C16H21NO3S/c1-5-17-16(11-6-7-21-10-11)12-8-14(19-3)15(20-4)9-13(12)18-2/h6-10,16-17H,5H2,1-4H3. The molecule has 0 fully saturated rings. The molecule has 2 rings (SSSR count). The van der Waals surface area contributed by atoms with E-state index in [-0.39, 0.29) is 6.04 Å². The average Bonchev–Trinajstić information content (AvgIpc) is 3.05. The lowest BCUT2D eigenvalue weighted by Crippen LogP contribution is -2.22. The molecule has 4 nitrogen and oxygen atoms in total. The van der Waals surface area contributed by atoms with Crippen LogP contribution in [0.3, 0.4) is 0 Å². The van der Waals surface area contributed by atoms with Crippen molar-refractivity contribution in [1.29, 1.82) is 0 Å². The molecule has 0 aliphatic heterocycles. The molecule has 1 N–H and O–H groups in total. The Labute approximate surface area is 129 Å². The lowest BCUT2D eigenvalue weighted by molar-refractivity contribution is 0.346. The van der Waals surface area contributed by atoms with E-state index in [2.05, 4.69) is 29.1 Å². The van der Waals surface area contributed by atoms with Gasteiger partial charge in [0.2, 0.25) is 0 Å². The fraction of sp³-hybridized carbons (Fsp3) is 0.375. The number of hydrogen-bond donors (Lipinski definition) is 1. The van der Waals surface area contributed by atoms with Gasteiger partial charge in [-0.2, -0.15) is 11.3 Å². The van der Waals surface area contributed by atoms with Crippen LogP contribution in [0.2, 0.25) is 0 Å². The van der Waals surface area contributed by atoms with Gasteiger partial charge in [0.15, 0.2) is 11.5 Å². The molecule has 1 aromatic heterocycles. The largest absolute Gasteiger partial charge is 0.496 e. The first kappa shape index (κ1) is 15.7. The number of hydrogen-bond acceptors (Lipinski definition) is 5. The molecular weight excluding hydrogens is 286 g/mol. The maximum absolute atomic E-state index is 5.54. The van der Waals surface area contributed by atoms with Gasteiger partial charge in [0.05, 0.1) is 27.4 Å². The number of thiophene rings is 1. The predicted molar refractivity (Wildman–Crippen MR) is 85.9 cm³/mol. The van der Waals surface area contributed by atoms with E-state index in [0.717, 1.165) is 17.9 Å². The molecule has 0 aliphatic rings. The van der Waals surface area contributed by atoms with Crippen molar-refractivity contribution in [2.24, 2.45) is 0 Å². The van der Waals surface area contributed by atoms with E-state index < -0.39 is 0 Å². The minimum atomic E-state index is 0.0657. The Hall–Kier alpha value is -1.72. The summed E-state index contributed by atoms with van der Waals surface area (Å²) in [6, 6.07) is 6.03.